The summed E-state index contributed by atoms with van der Waals surface area (Å²) in [7, 11) is 0. The second-order valence-electron chi connectivity index (χ2n) is 8.04. The van der Waals surface area contributed by atoms with Gasteiger partial charge >= 0.3 is 5.97 Å². The second kappa shape index (κ2) is 11.1. The summed E-state index contributed by atoms with van der Waals surface area (Å²) in [5.74, 6) is -1.22. The molecule has 4 aromatic rings. The first-order chi connectivity index (χ1) is 17.0. The highest BCUT2D eigenvalue weighted by Crippen LogP contribution is 2.24. The van der Waals surface area contributed by atoms with Crippen LogP contribution in [0.1, 0.15) is 21.5 Å². The smallest absolute Gasteiger partial charge is 0.326 e. The molecule has 0 aliphatic carbocycles. The van der Waals surface area contributed by atoms with E-state index in [4.69, 9.17) is 4.74 Å². The number of nitrogens with one attached hydrogen (secondary N) is 1. The minimum Gasteiger partial charge on any atom is -0.489 e. The molecule has 176 valence electrons. The highest BCUT2D eigenvalue weighted by atomic mass is 19.1. The van der Waals surface area contributed by atoms with E-state index in [9.17, 15) is 19.1 Å². The van der Waals surface area contributed by atoms with Crippen molar-refractivity contribution in [3.05, 3.63) is 126 Å². The van der Waals surface area contributed by atoms with E-state index in [2.05, 4.69) is 5.32 Å². The fourth-order valence-corrected chi connectivity index (χ4v) is 3.63. The maximum Gasteiger partial charge on any atom is 0.326 e. The standard InChI is InChI=1S/C29H24FNO4/c30-26-9-5-4-8-24(26)19-35-25-16-14-22(15-17-25)21-10-12-23(13-11-21)28(32)31-27(29(33)34)18-20-6-2-1-3-7-20/h1-17,27H,18-19H2,(H,31,32)(H,33,34)/t27-/m0/s1. The normalized spacial score (nSPS) is 11.5. The molecule has 0 aromatic heterocycles. The number of rotatable bonds is 9. The minimum absolute atomic E-state index is 0.136. The Kier molecular flexibility index (Phi) is 7.53. The van der Waals surface area contributed by atoms with Crippen LogP contribution in [-0.4, -0.2) is 23.0 Å². The van der Waals surface area contributed by atoms with E-state index in [0.717, 1.165) is 16.7 Å². The summed E-state index contributed by atoms with van der Waals surface area (Å²) >= 11 is 0. The molecule has 1 atom stereocenters. The van der Waals surface area contributed by atoms with Gasteiger partial charge in [0.25, 0.3) is 5.91 Å². The van der Waals surface area contributed by atoms with Gasteiger partial charge in [-0.3, -0.25) is 4.79 Å². The van der Waals surface area contributed by atoms with Crippen LogP contribution in [0.2, 0.25) is 0 Å². The number of hydrogen-bond acceptors (Lipinski definition) is 3. The summed E-state index contributed by atoms with van der Waals surface area (Å²) in [6.07, 6.45) is 0.200. The lowest BCUT2D eigenvalue weighted by Crippen LogP contribution is -2.42. The number of carbonyl (C=O) groups is 2. The molecule has 0 fully saturated rings. The van der Waals surface area contributed by atoms with Gasteiger partial charge in [-0.25, -0.2) is 9.18 Å². The first-order valence-corrected chi connectivity index (χ1v) is 11.1. The number of aliphatic carboxylic acids is 1. The van der Waals surface area contributed by atoms with Crippen molar-refractivity contribution >= 4 is 11.9 Å². The molecule has 6 heteroatoms. The molecule has 0 radical (unpaired) electrons. The third-order valence-electron chi connectivity index (χ3n) is 5.57. The molecular formula is C29H24FNO4. The Morgan fingerprint density at radius 2 is 1.40 bits per heavy atom. The van der Waals surface area contributed by atoms with Gasteiger partial charge in [0, 0.05) is 17.5 Å². The number of benzene rings is 4. The Labute approximate surface area is 202 Å². The predicted molar refractivity (Wildman–Crippen MR) is 132 cm³/mol. The minimum atomic E-state index is -1.09. The molecule has 1 amide bonds. The molecule has 0 bridgehead atoms. The van der Waals surface area contributed by atoms with Gasteiger partial charge in [-0.1, -0.05) is 72.8 Å². The maximum absolute atomic E-state index is 13.7. The fourth-order valence-electron chi connectivity index (χ4n) is 3.63. The van der Waals surface area contributed by atoms with E-state index >= 15 is 0 Å². The Morgan fingerprint density at radius 3 is 2.03 bits per heavy atom. The van der Waals surface area contributed by atoms with Gasteiger partial charge < -0.3 is 15.2 Å². The number of carbonyl (C=O) groups excluding carboxylic acids is 1. The van der Waals surface area contributed by atoms with Crippen molar-refractivity contribution in [3.8, 4) is 16.9 Å². The maximum atomic E-state index is 13.7. The summed E-state index contributed by atoms with van der Waals surface area (Å²) in [6, 6.07) is 28.9. The van der Waals surface area contributed by atoms with E-state index in [0.29, 0.717) is 16.9 Å². The van der Waals surface area contributed by atoms with Crippen LogP contribution in [-0.2, 0) is 17.8 Å². The molecule has 4 aromatic carbocycles. The molecule has 0 heterocycles. The number of ether oxygens (including phenoxy) is 1. The number of halogens is 1. The van der Waals surface area contributed by atoms with Crippen LogP contribution in [0.25, 0.3) is 11.1 Å². The molecule has 5 nitrogen and oxygen atoms in total. The zero-order valence-electron chi connectivity index (χ0n) is 18.9. The number of hydrogen-bond donors (Lipinski definition) is 2. The third-order valence-corrected chi connectivity index (χ3v) is 5.57. The molecule has 0 spiro atoms. The van der Waals surface area contributed by atoms with Crippen LogP contribution in [0, 0.1) is 5.82 Å². The van der Waals surface area contributed by atoms with Crippen molar-refractivity contribution in [2.75, 3.05) is 0 Å². The summed E-state index contributed by atoms with van der Waals surface area (Å²) in [5, 5.41) is 12.1. The Balaban J connectivity index is 1.37. The van der Waals surface area contributed by atoms with Crippen LogP contribution in [0.5, 0.6) is 5.75 Å². The molecule has 2 N–H and O–H groups in total. The average molecular weight is 470 g/mol. The van der Waals surface area contributed by atoms with Gasteiger partial charge in [0.1, 0.15) is 24.2 Å². The van der Waals surface area contributed by atoms with Crippen LogP contribution in [0.3, 0.4) is 0 Å². The average Bonchev–Trinajstić information content (AvgIpc) is 2.89. The van der Waals surface area contributed by atoms with Crippen molar-refractivity contribution in [3.63, 3.8) is 0 Å². The Hall–Kier alpha value is -4.45. The van der Waals surface area contributed by atoms with E-state index < -0.39 is 17.9 Å². The third kappa shape index (κ3) is 6.32. The lowest BCUT2D eigenvalue weighted by atomic mass is 10.0. The van der Waals surface area contributed by atoms with Crippen LogP contribution in [0.4, 0.5) is 4.39 Å². The highest BCUT2D eigenvalue weighted by molar-refractivity contribution is 5.97. The predicted octanol–water partition coefficient (Wildman–Crippen LogP) is 5.50. The Morgan fingerprint density at radius 1 is 0.800 bits per heavy atom. The molecular weight excluding hydrogens is 445 g/mol. The van der Waals surface area contributed by atoms with Gasteiger partial charge in [-0.2, -0.15) is 0 Å². The topological polar surface area (TPSA) is 75.6 Å². The molecule has 0 aliphatic rings. The lowest BCUT2D eigenvalue weighted by molar-refractivity contribution is -0.139. The van der Waals surface area contributed by atoms with E-state index in [1.54, 1.807) is 54.6 Å². The molecule has 0 saturated heterocycles. The molecule has 35 heavy (non-hydrogen) atoms. The van der Waals surface area contributed by atoms with Crippen molar-refractivity contribution in [1.82, 2.24) is 5.32 Å². The van der Waals surface area contributed by atoms with E-state index in [1.807, 2.05) is 42.5 Å². The van der Waals surface area contributed by atoms with Crippen molar-refractivity contribution < 1.29 is 23.8 Å². The van der Waals surface area contributed by atoms with Gasteiger partial charge in [0.05, 0.1) is 0 Å². The summed E-state index contributed by atoms with van der Waals surface area (Å²) in [4.78, 5) is 24.3. The summed E-state index contributed by atoms with van der Waals surface area (Å²) in [5.41, 5.74) is 3.50. The van der Waals surface area contributed by atoms with Gasteiger partial charge in [0.15, 0.2) is 0 Å². The Bertz CT molecular complexity index is 1290. The van der Waals surface area contributed by atoms with Crippen LogP contribution < -0.4 is 10.1 Å². The highest BCUT2D eigenvalue weighted by Gasteiger charge is 2.21. The molecule has 0 saturated carbocycles. The summed E-state index contributed by atoms with van der Waals surface area (Å²) in [6.45, 7) is 0.136. The van der Waals surface area contributed by atoms with Gasteiger partial charge in [-0.15, -0.1) is 0 Å². The first-order valence-electron chi connectivity index (χ1n) is 11.1. The van der Waals surface area contributed by atoms with E-state index in [-0.39, 0.29) is 18.8 Å². The van der Waals surface area contributed by atoms with Crippen molar-refractivity contribution in [2.45, 2.75) is 19.1 Å². The van der Waals surface area contributed by atoms with E-state index in [1.165, 1.54) is 6.07 Å². The monoisotopic (exact) mass is 469 g/mol. The first kappa shape index (κ1) is 23.7. The van der Waals surface area contributed by atoms with Gasteiger partial charge in [-0.05, 0) is 47.0 Å². The van der Waals surface area contributed by atoms with Gasteiger partial charge in [0.2, 0.25) is 0 Å². The number of amides is 1. The van der Waals surface area contributed by atoms with Crippen molar-refractivity contribution in [1.29, 1.82) is 0 Å². The van der Waals surface area contributed by atoms with Crippen molar-refractivity contribution in [2.24, 2.45) is 0 Å². The molecule has 4 rings (SSSR count). The number of carboxylic acid groups (broad SMARTS) is 1. The zero-order chi connectivity index (χ0) is 24.6. The van der Waals surface area contributed by atoms with Crippen LogP contribution >= 0.6 is 0 Å². The molecule has 0 unspecified atom stereocenters. The lowest BCUT2D eigenvalue weighted by Gasteiger charge is -2.15. The number of carboxylic acids is 1. The fraction of sp³-hybridized carbons (Fsp3) is 0.103. The quantitative estimate of drug-likeness (QED) is 0.340. The SMILES string of the molecule is O=C(N[C@@H](Cc1ccccc1)C(=O)O)c1ccc(-c2ccc(OCc3ccccc3F)cc2)cc1. The second-order valence-corrected chi connectivity index (χ2v) is 8.04. The van der Waals surface area contributed by atoms with Crippen LogP contribution in [0.15, 0.2) is 103 Å². The summed E-state index contributed by atoms with van der Waals surface area (Å²) < 4.78 is 19.4. The molecule has 0 aliphatic heterocycles. The largest absolute Gasteiger partial charge is 0.489 e. The zero-order valence-corrected chi connectivity index (χ0v) is 18.9.